The zero-order valence-corrected chi connectivity index (χ0v) is 10.4. The van der Waals surface area contributed by atoms with E-state index < -0.39 is 0 Å². The third kappa shape index (κ3) is 2.82. The van der Waals surface area contributed by atoms with Crippen molar-refractivity contribution < 1.29 is 0 Å². The fourth-order valence-electron chi connectivity index (χ4n) is 1.31. The van der Waals surface area contributed by atoms with Crippen LogP contribution in [0.4, 0.5) is 11.4 Å². The number of halogens is 3. The lowest BCUT2D eigenvalue weighted by molar-refractivity contribution is 1.55. The molecule has 0 bridgehead atoms. The minimum absolute atomic E-state index is 0.522. The summed E-state index contributed by atoms with van der Waals surface area (Å²) in [6, 6.07) is 12.8. The molecule has 0 atom stereocenters. The first-order valence-corrected chi connectivity index (χ1v) is 5.76. The number of hydrogen-bond acceptors (Lipinski definition) is 1. The van der Waals surface area contributed by atoms with Crippen LogP contribution in [0.1, 0.15) is 0 Å². The topological polar surface area (TPSA) is 12.0 Å². The first kappa shape index (κ1) is 11.6. The van der Waals surface area contributed by atoms with Gasteiger partial charge in [-0.2, -0.15) is 0 Å². The van der Waals surface area contributed by atoms with Crippen molar-refractivity contribution in [3.05, 3.63) is 57.5 Å². The van der Waals surface area contributed by atoms with Crippen LogP contribution in [0.15, 0.2) is 42.5 Å². The third-order valence-electron chi connectivity index (χ3n) is 2.03. The van der Waals surface area contributed by atoms with Gasteiger partial charge >= 0.3 is 0 Å². The van der Waals surface area contributed by atoms with Crippen LogP contribution in [0, 0.1) is 0 Å². The first-order chi connectivity index (χ1) is 7.65. The number of benzene rings is 2. The molecule has 2 rings (SSSR count). The molecule has 1 N–H and O–H groups in total. The lowest BCUT2D eigenvalue weighted by atomic mass is 10.2. The predicted molar refractivity (Wildman–Crippen MR) is 71.2 cm³/mol. The van der Waals surface area contributed by atoms with Gasteiger partial charge in [-0.3, -0.25) is 0 Å². The second kappa shape index (κ2) is 4.96. The van der Waals surface area contributed by atoms with Crippen molar-refractivity contribution in [2.45, 2.75) is 0 Å². The highest BCUT2D eigenvalue weighted by atomic mass is 35.5. The molecule has 0 amide bonds. The molecule has 1 nitrogen and oxygen atoms in total. The van der Waals surface area contributed by atoms with E-state index in [1.165, 1.54) is 0 Å². The second-order valence-corrected chi connectivity index (χ2v) is 4.52. The van der Waals surface area contributed by atoms with Crippen molar-refractivity contribution in [3.63, 3.8) is 0 Å². The van der Waals surface area contributed by atoms with Crippen LogP contribution in [-0.4, -0.2) is 0 Å². The highest BCUT2D eigenvalue weighted by Crippen LogP contribution is 2.27. The Morgan fingerprint density at radius 1 is 0.750 bits per heavy atom. The fraction of sp³-hybridized carbons (Fsp3) is 0. The maximum atomic E-state index is 5.91. The number of hydrogen-bond donors (Lipinski definition) is 1. The van der Waals surface area contributed by atoms with Gasteiger partial charge in [0.25, 0.3) is 0 Å². The molecule has 4 heteroatoms. The van der Waals surface area contributed by atoms with Crippen LogP contribution >= 0.6 is 34.8 Å². The van der Waals surface area contributed by atoms with Crippen LogP contribution in [0.25, 0.3) is 0 Å². The average molecular weight is 273 g/mol. The molecule has 0 spiro atoms. The monoisotopic (exact) mass is 271 g/mol. The Morgan fingerprint density at radius 3 is 2.19 bits per heavy atom. The van der Waals surface area contributed by atoms with Crippen molar-refractivity contribution >= 4 is 46.2 Å². The number of nitrogens with one attached hydrogen (secondary N) is 1. The van der Waals surface area contributed by atoms with Gasteiger partial charge in [-0.25, -0.2) is 0 Å². The van der Waals surface area contributed by atoms with Crippen LogP contribution < -0.4 is 5.32 Å². The van der Waals surface area contributed by atoms with Crippen molar-refractivity contribution in [3.8, 4) is 0 Å². The fourth-order valence-corrected chi connectivity index (χ4v) is 1.80. The molecule has 0 radical (unpaired) electrons. The minimum atomic E-state index is 0.522. The van der Waals surface area contributed by atoms with E-state index >= 15 is 0 Å². The normalized spacial score (nSPS) is 10.2. The van der Waals surface area contributed by atoms with Gasteiger partial charge in [0.15, 0.2) is 0 Å². The summed E-state index contributed by atoms with van der Waals surface area (Å²) in [5.74, 6) is 0. The summed E-state index contributed by atoms with van der Waals surface area (Å²) in [5.41, 5.74) is 1.78. The van der Waals surface area contributed by atoms with Crippen molar-refractivity contribution in [1.82, 2.24) is 0 Å². The molecule has 82 valence electrons. The Balaban J connectivity index is 2.24. The van der Waals surface area contributed by atoms with Gasteiger partial charge in [0.2, 0.25) is 0 Å². The molecule has 0 aliphatic heterocycles. The largest absolute Gasteiger partial charge is 0.355 e. The highest BCUT2D eigenvalue weighted by Gasteiger charge is 2.00. The zero-order chi connectivity index (χ0) is 11.5. The Hall–Kier alpha value is -0.890. The Bertz CT molecular complexity index is 511. The summed E-state index contributed by atoms with van der Waals surface area (Å²) in [6.07, 6.45) is 0. The molecule has 0 unspecified atom stereocenters. The van der Waals surface area contributed by atoms with E-state index in [4.69, 9.17) is 34.8 Å². The molecule has 0 heterocycles. The van der Waals surface area contributed by atoms with E-state index in [1.807, 2.05) is 30.3 Å². The van der Waals surface area contributed by atoms with Gasteiger partial charge < -0.3 is 5.32 Å². The number of anilines is 2. The molecular weight excluding hydrogens is 264 g/mol. The van der Waals surface area contributed by atoms with E-state index in [9.17, 15) is 0 Å². The molecule has 0 fully saturated rings. The Labute approximate surface area is 109 Å². The van der Waals surface area contributed by atoms with Gasteiger partial charge in [-0.05, 0) is 36.4 Å². The lowest BCUT2D eigenvalue weighted by Crippen LogP contribution is -1.89. The van der Waals surface area contributed by atoms with Crippen LogP contribution in [0.2, 0.25) is 15.1 Å². The van der Waals surface area contributed by atoms with E-state index in [-0.39, 0.29) is 0 Å². The Morgan fingerprint density at radius 2 is 1.50 bits per heavy atom. The molecule has 2 aromatic carbocycles. The molecular formula is C12H8Cl3N. The molecule has 0 saturated heterocycles. The van der Waals surface area contributed by atoms with Gasteiger partial charge in [-0.1, -0.05) is 40.9 Å². The summed E-state index contributed by atoms with van der Waals surface area (Å²) in [5, 5.41) is 4.93. The van der Waals surface area contributed by atoms with Gasteiger partial charge in [0.05, 0.1) is 10.0 Å². The quantitative estimate of drug-likeness (QED) is 0.773. The zero-order valence-electron chi connectivity index (χ0n) is 8.18. The van der Waals surface area contributed by atoms with E-state index in [0.717, 1.165) is 11.4 Å². The summed E-state index contributed by atoms with van der Waals surface area (Å²) in [4.78, 5) is 0. The van der Waals surface area contributed by atoms with Crippen molar-refractivity contribution in [2.24, 2.45) is 0 Å². The third-order valence-corrected chi connectivity index (χ3v) is 3.01. The first-order valence-electron chi connectivity index (χ1n) is 4.63. The maximum Gasteiger partial charge on any atom is 0.0612 e. The van der Waals surface area contributed by atoms with Gasteiger partial charge in [0.1, 0.15) is 0 Å². The minimum Gasteiger partial charge on any atom is -0.355 e. The molecule has 0 aliphatic carbocycles. The highest BCUT2D eigenvalue weighted by molar-refractivity contribution is 6.42. The maximum absolute atomic E-state index is 5.91. The standard InChI is InChI=1S/C12H8Cl3N/c13-8-2-1-3-9(6-8)16-10-4-5-11(14)12(15)7-10/h1-7,16H. The molecule has 0 saturated carbocycles. The van der Waals surface area contributed by atoms with Crippen LogP contribution in [0.3, 0.4) is 0 Å². The van der Waals surface area contributed by atoms with E-state index in [2.05, 4.69) is 5.32 Å². The summed E-state index contributed by atoms with van der Waals surface area (Å²) in [6.45, 7) is 0. The summed E-state index contributed by atoms with van der Waals surface area (Å²) >= 11 is 17.6. The average Bonchev–Trinajstić information content (AvgIpc) is 2.24. The van der Waals surface area contributed by atoms with Crippen LogP contribution in [0.5, 0.6) is 0 Å². The predicted octanol–water partition coefficient (Wildman–Crippen LogP) is 5.39. The lowest BCUT2D eigenvalue weighted by Gasteiger charge is -2.07. The Kier molecular flexibility index (Phi) is 3.59. The summed E-state index contributed by atoms with van der Waals surface area (Å²) in [7, 11) is 0. The second-order valence-electron chi connectivity index (χ2n) is 3.26. The smallest absolute Gasteiger partial charge is 0.0612 e. The molecule has 0 aliphatic rings. The van der Waals surface area contributed by atoms with Crippen molar-refractivity contribution in [2.75, 3.05) is 5.32 Å². The molecule has 2 aromatic rings. The van der Waals surface area contributed by atoms with Crippen LogP contribution in [-0.2, 0) is 0 Å². The van der Waals surface area contributed by atoms with E-state index in [0.29, 0.717) is 15.1 Å². The molecule has 16 heavy (non-hydrogen) atoms. The molecule has 0 aromatic heterocycles. The SMILES string of the molecule is Clc1cccc(Nc2ccc(Cl)c(Cl)c2)c1. The van der Waals surface area contributed by atoms with Crippen molar-refractivity contribution in [1.29, 1.82) is 0 Å². The van der Waals surface area contributed by atoms with Gasteiger partial charge in [-0.15, -0.1) is 0 Å². The van der Waals surface area contributed by atoms with E-state index in [1.54, 1.807) is 12.1 Å². The summed E-state index contributed by atoms with van der Waals surface area (Å²) < 4.78 is 0. The number of rotatable bonds is 2. The van der Waals surface area contributed by atoms with Gasteiger partial charge in [0, 0.05) is 16.4 Å².